The van der Waals surface area contributed by atoms with Crippen molar-refractivity contribution in [3.63, 3.8) is 0 Å². The number of hydrogen-bond donors (Lipinski definition) is 1. The minimum absolute atomic E-state index is 0.0123. The van der Waals surface area contributed by atoms with Crippen LogP contribution >= 0.6 is 11.6 Å². The standard InChI is InChI=1S/C24H22ClNO3/c1-17-20(25)13-8-14-21(17)26-22(27)15-16-23(28)29-24(18-9-4-2-5-10-18)19-11-6-3-7-12-19/h2-14,24H,15-16H2,1H3,(H,26,27). The van der Waals surface area contributed by atoms with Gasteiger partial charge in [-0.1, -0.05) is 78.3 Å². The normalized spacial score (nSPS) is 10.6. The fourth-order valence-corrected chi connectivity index (χ4v) is 3.12. The number of esters is 1. The maximum atomic E-state index is 12.5. The predicted octanol–water partition coefficient (Wildman–Crippen LogP) is 5.70. The quantitative estimate of drug-likeness (QED) is 0.511. The van der Waals surface area contributed by atoms with Crippen LogP contribution in [-0.2, 0) is 14.3 Å². The first-order valence-corrected chi connectivity index (χ1v) is 9.76. The Morgan fingerprint density at radius 2 is 1.45 bits per heavy atom. The Morgan fingerprint density at radius 1 is 0.862 bits per heavy atom. The van der Waals surface area contributed by atoms with Crippen LogP contribution in [0.15, 0.2) is 78.9 Å². The summed E-state index contributed by atoms with van der Waals surface area (Å²) < 4.78 is 5.73. The summed E-state index contributed by atoms with van der Waals surface area (Å²) in [5.41, 5.74) is 3.19. The minimum atomic E-state index is -0.511. The second-order valence-corrected chi connectivity index (χ2v) is 7.06. The Morgan fingerprint density at radius 3 is 2.03 bits per heavy atom. The smallest absolute Gasteiger partial charge is 0.307 e. The van der Waals surface area contributed by atoms with Gasteiger partial charge in [0.1, 0.15) is 0 Å². The molecule has 0 atom stereocenters. The van der Waals surface area contributed by atoms with E-state index in [0.29, 0.717) is 10.7 Å². The van der Waals surface area contributed by atoms with Gasteiger partial charge >= 0.3 is 5.97 Å². The minimum Gasteiger partial charge on any atom is -0.453 e. The van der Waals surface area contributed by atoms with Crippen LogP contribution in [0.5, 0.6) is 0 Å². The van der Waals surface area contributed by atoms with Crippen molar-refractivity contribution in [2.24, 2.45) is 0 Å². The Bertz CT molecular complexity index is 934. The molecule has 0 aliphatic rings. The fraction of sp³-hybridized carbons (Fsp3) is 0.167. The molecule has 3 rings (SSSR count). The van der Waals surface area contributed by atoms with Gasteiger partial charge in [-0.3, -0.25) is 9.59 Å². The summed E-state index contributed by atoms with van der Waals surface area (Å²) in [5, 5.41) is 3.37. The Kier molecular flexibility index (Phi) is 7.04. The second-order valence-electron chi connectivity index (χ2n) is 6.65. The number of halogens is 1. The van der Waals surface area contributed by atoms with Gasteiger partial charge in [0, 0.05) is 17.1 Å². The Hall–Kier alpha value is -3.11. The van der Waals surface area contributed by atoms with E-state index in [-0.39, 0.29) is 18.7 Å². The molecule has 0 heterocycles. The van der Waals surface area contributed by atoms with Crippen molar-refractivity contribution in [1.29, 1.82) is 0 Å². The van der Waals surface area contributed by atoms with Gasteiger partial charge in [-0.2, -0.15) is 0 Å². The molecule has 0 radical (unpaired) electrons. The van der Waals surface area contributed by atoms with Crippen LogP contribution in [0.3, 0.4) is 0 Å². The summed E-state index contributed by atoms with van der Waals surface area (Å²) in [6, 6.07) is 24.4. The van der Waals surface area contributed by atoms with Crippen LogP contribution < -0.4 is 5.32 Å². The van der Waals surface area contributed by atoms with Crippen LogP contribution in [-0.4, -0.2) is 11.9 Å². The van der Waals surface area contributed by atoms with E-state index in [9.17, 15) is 9.59 Å². The number of ether oxygens (including phenoxy) is 1. The summed E-state index contributed by atoms with van der Waals surface area (Å²) >= 11 is 6.07. The van der Waals surface area contributed by atoms with Gasteiger partial charge in [-0.05, 0) is 35.7 Å². The third-order valence-corrected chi connectivity index (χ3v) is 4.96. The summed E-state index contributed by atoms with van der Waals surface area (Å²) in [6.45, 7) is 1.83. The average molecular weight is 408 g/mol. The van der Waals surface area contributed by atoms with Crippen LogP contribution in [0.25, 0.3) is 0 Å². The molecule has 4 nitrogen and oxygen atoms in total. The second kappa shape index (κ2) is 9.89. The average Bonchev–Trinajstić information content (AvgIpc) is 2.75. The number of anilines is 1. The Labute approximate surface area is 175 Å². The molecular formula is C24H22ClNO3. The lowest BCUT2D eigenvalue weighted by Gasteiger charge is -2.19. The number of amides is 1. The van der Waals surface area contributed by atoms with Crippen LogP contribution in [0, 0.1) is 6.92 Å². The van der Waals surface area contributed by atoms with E-state index in [1.165, 1.54) is 0 Å². The van der Waals surface area contributed by atoms with E-state index >= 15 is 0 Å². The zero-order valence-corrected chi connectivity index (χ0v) is 16.9. The molecule has 0 fully saturated rings. The monoisotopic (exact) mass is 407 g/mol. The molecule has 1 N–H and O–H groups in total. The third-order valence-electron chi connectivity index (χ3n) is 4.55. The van der Waals surface area contributed by atoms with Crippen LogP contribution in [0.1, 0.15) is 35.6 Å². The number of hydrogen-bond acceptors (Lipinski definition) is 3. The van der Waals surface area contributed by atoms with E-state index in [1.54, 1.807) is 18.2 Å². The van der Waals surface area contributed by atoms with E-state index in [4.69, 9.17) is 16.3 Å². The van der Waals surface area contributed by atoms with E-state index in [1.807, 2.05) is 67.6 Å². The lowest BCUT2D eigenvalue weighted by Crippen LogP contribution is -2.17. The highest BCUT2D eigenvalue weighted by atomic mass is 35.5. The fourth-order valence-electron chi connectivity index (χ4n) is 2.95. The number of carbonyl (C=O) groups excluding carboxylic acids is 2. The molecule has 148 valence electrons. The number of nitrogens with one attached hydrogen (secondary N) is 1. The SMILES string of the molecule is Cc1c(Cl)cccc1NC(=O)CCC(=O)OC(c1ccccc1)c1ccccc1. The highest BCUT2D eigenvalue weighted by Gasteiger charge is 2.19. The van der Waals surface area contributed by atoms with Crippen molar-refractivity contribution in [2.45, 2.75) is 25.9 Å². The largest absolute Gasteiger partial charge is 0.453 e. The first kappa shape index (κ1) is 20.6. The summed E-state index contributed by atoms with van der Waals surface area (Å²) in [7, 11) is 0. The number of rotatable bonds is 7. The van der Waals surface area contributed by atoms with E-state index in [2.05, 4.69) is 5.32 Å². The highest BCUT2D eigenvalue weighted by molar-refractivity contribution is 6.31. The number of carbonyl (C=O) groups is 2. The van der Waals surface area contributed by atoms with Gasteiger partial charge in [0.15, 0.2) is 6.10 Å². The Balaban J connectivity index is 1.62. The molecule has 1 amide bonds. The lowest BCUT2D eigenvalue weighted by atomic mass is 10.0. The predicted molar refractivity (Wildman–Crippen MR) is 115 cm³/mol. The molecule has 0 aliphatic heterocycles. The first-order chi connectivity index (χ1) is 14.0. The van der Waals surface area contributed by atoms with Gasteiger partial charge in [0.25, 0.3) is 0 Å². The highest BCUT2D eigenvalue weighted by Crippen LogP contribution is 2.27. The van der Waals surface area contributed by atoms with Gasteiger partial charge < -0.3 is 10.1 Å². The van der Waals surface area contributed by atoms with E-state index < -0.39 is 12.1 Å². The molecule has 0 spiro atoms. The lowest BCUT2D eigenvalue weighted by molar-refractivity contribution is -0.148. The molecule has 0 aliphatic carbocycles. The summed E-state index contributed by atoms with van der Waals surface area (Å²) in [4.78, 5) is 24.7. The molecule has 5 heteroatoms. The first-order valence-electron chi connectivity index (χ1n) is 9.39. The summed E-state index contributed by atoms with van der Waals surface area (Å²) in [6.07, 6.45) is -0.494. The van der Waals surface area contributed by atoms with Gasteiger partial charge in [0.05, 0.1) is 6.42 Å². The molecule has 29 heavy (non-hydrogen) atoms. The van der Waals surface area contributed by atoms with Crippen molar-refractivity contribution >= 4 is 29.2 Å². The molecule has 3 aromatic carbocycles. The molecule has 0 unspecified atom stereocenters. The van der Waals surface area contributed by atoms with Crippen LogP contribution in [0.4, 0.5) is 5.69 Å². The van der Waals surface area contributed by atoms with Crippen LogP contribution in [0.2, 0.25) is 5.02 Å². The third kappa shape index (κ3) is 5.69. The van der Waals surface area contributed by atoms with Gasteiger partial charge in [-0.15, -0.1) is 0 Å². The molecule has 0 saturated carbocycles. The van der Waals surface area contributed by atoms with Gasteiger partial charge in [0.2, 0.25) is 5.91 Å². The molecular weight excluding hydrogens is 386 g/mol. The van der Waals surface area contributed by atoms with Crippen molar-refractivity contribution in [3.05, 3.63) is 101 Å². The molecule has 0 bridgehead atoms. The van der Waals surface area contributed by atoms with Crippen molar-refractivity contribution in [3.8, 4) is 0 Å². The zero-order valence-electron chi connectivity index (χ0n) is 16.1. The van der Waals surface area contributed by atoms with Gasteiger partial charge in [-0.25, -0.2) is 0 Å². The molecule has 0 saturated heterocycles. The summed E-state index contributed by atoms with van der Waals surface area (Å²) in [5.74, 6) is -0.691. The number of benzene rings is 3. The van der Waals surface area contributed by atoms with Crippen molar-refractivity contribution in [1.82, 2.24) is 0 Å². The van der Waals surface area contributed by atoms with Crippen molar-refractivity contribution in [2.75, 3.05) is 5.32 Å². The molecule has 0 aromatic heterocycles. The maximum absolute atomic E-state index is 12.5. The van der Waals surface area contributed by atoms with Crippen molar-refractivity contribution < 1.29 is 14.3 Å². The zero-order chi connectivity index (χ0) is 20.6. The maximum Gasteiger partial charge on any atom is 0.307 e. The molecule has 3 aromatic rings. The topological polar surface area (TPSA) is 55.4 Å². The van der Waals surface area contributed by atoms with E-state index in [0.717, 1.165) is 16.7 Å².